The second kappa shape index (κ2) is 3.41. The number of thiazole rings is 1. The molecule has 0 aliphatic rings. The van der Waals surface area contributed by atoms with Gasteiger partial charge >= 0.3 is 0 Å². The van der Waals surface area contributed by atoms with E-state index in [1.54, 1.807) is 17.7 Å². The molecule has 0 unspecified atom stereocenters. The second-order valence-corrected chi connectivity index (χ2v) is 5.32. The Morgan fingerprint density at radius 2 is 2.07 bits per heavy atom. The van der Waals surface area contributed by atoms with Gasteiger partial charge in [0.15, 0.2) is 5.82 Å². The fraction of sp³-hybridized carbons (Fsp3) is 0.500. The van der Waals surface area contributed by atoms with E-state index in [2.05, 4.69) is 40.5 Å². The average molecular weight is 222 g/mol. The molecule has 0 spiro atoms. The minimum Gasteiger partial charge on any atom is -0.307 e. The maximum Gasteiger partial charge on any atom is 0.176 e. The van der Waals surface area contributed by atoms with Crippen molar-refractivity contribution in [3.05, 3.63) is 17.5 Å². The van der Waals surface area contributed by atoms with Gasteiger partial charge in [0.1, 0.15) is 6.33 Å². The lowest BCUT2D eigenvalue weighted by atomic mass is 10.1. The first-order chi connectivity index (χ1) is 7.00. The van der Waals surface area contributed by atoms with E-state index in [0.717, 1.165) is 16.4 Å². The SMILES string of the molecule is Cc1ncsc1-c1nncn1C(C)(C)C. The van der Waals surface area contributed by atoms with Crippen molar-refractivity contribution in [1.29, 1.82) is 0 Å². The fourth-order valence-corrected chi connectivity index (χ4v) is 2.18. The Balaban J connectivity index is 2.56. The van der Waals surface area contributed by atoms with E-state index in [-0.39, 0.29) is 5.54 Å². The van der Waals surface area contributed by atoms with Crippen LogP contribution in [0.2, 0.25) is 0 Å². The van der Waals surface area contributed by atoms with Crippen LogP contribution in [-0.2, 0) is 5.54 Å². The summed E-state index contributed by atoms with van der Waals surface area (Å²) in [6.07, 6.45) is 1.77. The average Bonchev–Trinajstić information content (AvgIpc) is 2.69. The molecule has 0 saturated heterocycles. The van der Waals surface area contributed by atoms with Crippen molar-refractivity contribution < 1.29 is 0 Å². The Labute approximate surface area is 93.0 Å². The quantitative estimate of drug-likeness (QED) is 0.744. The highest BCUT2D eigenvalue weighted by Gasteiger charge is 2.20. The lowest BCUT2D eigenvalue weighted by Crippen LogP contribution is -2.21. The largest absolute Gasteiger partial charge is 0.307 e. The van der Waals surface area contributed by atoms with Crippen LogP contribution in [0.4, 0.5) is 0 Å². The van der Waals surface area contributed by atoms with Gasteiger partial charge in [-0.1, -0.05) is 0 Å². The Hall–Kier alpha value is -1.23. The van der Waals surface area contributed by atoms with Crippen molar-refractivity contribution >= 4 is 11.3 Å². The molecule has 4 nitrogen and oxygen atoms in total. The van der Waals surface area contributed by atoms with Crippen molar-refractivity contribution in [1.82, 2.24) is 19.7 Å². The summed E-state index contributed by atoms with van der Waals surface area (Å²) < 4.78 is 2.08. The molecular weight excluding hydrogens is 208 g/mol. The molecule has 0 atom stereocenters. The van der Waals surface area contributed by atoms with Gasteiger partial charge in [0.2, 0.25) is 0 Å². The summed E-state index contributed by atoms with van der Waals surface area (Å²) in [5.41, 5.74) is 2.85. The molecule has 0 saturated carbocycles. The monoisotopic (exact) mass is 222 g/mol. The summed E-state index contributed by atoms with van der Waals surface area (Å²) in [6.45, 7) is 8.40. The standard InChI is InChI=1S/C10H14N4S/c1-7-8(15-6-11-7)9-13-12-5-14(9)10(2,3)4/h5-6H,1-4H3. The third-order valence-electron chi connectivity index (χ3n) is 2.22. The number of hydrogen-bond acceptors (Lipinski definition) is 4. The Morgan fingerprint density at radius 3 is 2.60 bits per heavy atom. The first-order valence-electron chi connectivity index (χ1n) is 4.81. The van der Waals surface area contributed by atoms with Crippen LogP contribution in [0.15, 0.2) is 11.8 Å². The molecule has 80 valence electrons. The zero-order chi connectivity index (χ0) is 11.1. The molecule has 0 bridgehead atoms. The molecule has 0 radical (unpaired) electrons. The minimum atomic E-state index is -0.00470. The van der Waals surface area contributed by atoms with Gasteiger partial charge in [0.05, 0.1) is 16.1 Å². The maximum atomic E-state index is 4.23. The number of rotatable bonds is 1. The highest BCUT2D eigenvalue weighted by atomic mass is 32.1. The van der Waals surface area contributed by atoms with Gasteiger partial charge < -0.3 is 4.57 Å². The minimum absolute atomic E-state index is 0.00470. The number of aromatic nitrogens is 4. The van der Waals surface area contributed by atoms with Crippen LogP contribution in [0.1, 0.15) is 26.5 Å². The molecule has 0 fully saturated rings. The zero-order valence-electron chi connectivity index (χ0n) is 9.35. The van der Waals surface area contributed by atoms with E-state index in [4.69, 9.17) is 0 Å². The lowest BCUT2D eigenvalue weighted by molar-refractivity contribution is 0.400. The third-order valence-corrected chi connectivity index (χ3v) is 3.14. The number of hydrogen-bond donors (Lipinski definition) is 0. The van der Waals surface area contributed by atoms with Crippen molar-refractivity contribution in [3.8, 4) is 10.7 Å². The van der Waals surface area contributed by atoms with Crippen molar-refractivity contribution in [3.63, 3.8) is 0 Å². The molecule has 5 heteroatoms. The molecule has 15 heavy (non-hydrogen) atoms. The number of nitrogens with zero attached hydrogens (tertiary/aromatic N) is 4. The van der Waals surface area contributed by atoms with Gasteiger partial charge in [-0.15, -0.1) is 21.5 Å². The highest BCUT2D eigenvalue weighted by Crippen LogP contribution is 2.28. The van der Waals surface area contributed by atoms with E-state index in [1.165, 1.54) is 0 Å². The molecule has 2 aromatic rings. The molecule has 0 aliphatic carbocycles. The molecule has 0 aromatic carbocycles. The topological polar surface area (TPSA) is 43.6 Å². The Morgan fingerprint density at radius 1 is 1.33 bits per heavy atom. The van der Waals surface area contributed by atoms with Crippen LogP contribution in [0.25, 0.3) is 10.7 Å². The second-order valence-electron chi connectivity index (χ2n) is 4.46. The number of aryl methyl sites for hydroxylation is 1. The van der Waals surface area contributed by atoms with Crippen LogP contribution in [0.3, 0.4) is 0 Å². The van der Waals surface area contributed by atoms with Crippen LogP contribution in [0, 0.1) is 6.92 Å². The summed E-state index contributed by atoms with van der Waals surface area (Å²) in [7, 11) is 0. The molecule has 0 aliphatic heterocycles. The van der Waals surface area contributed by atoms with E-state index in [9.17, 15) is 0 Å². The first-order valence-corrected chi connectivity index (χ1v) is 5.69. The van der Waals surface area contributed by atoms with Gasteiger partial charge in [-0.05, 0) is 27.7 Å². The zero-order valence-corrected chi connectivity index (χ0v) is 10.2. The van der Waals surface area contributed by atoms with Gasteiger partial charge in [0.25, 0.3) is 0 Å². The smallest absolute Gasteiger partial charge is 0.176 e. The summed E-state index contributed by atoms with van der Waals surface area (Å²) in [4.78, 5) is 5.33. The van der Waals surface area contributed by atoms with Crippen LogP contribution < -0.4 is 0 Å². The van der Waals surface area contributed by atoms with Crippen molar-refractivity contribution in [2.75, 3.05) is 0 Å². The van der Waals surface area contributed by atoms with E-state index >= 15 is 0 Å². The lowest BCUT2D eigenvalue weighted by Gasteiger charge is -2.21. The highest BCUT2D eigenvalue weighted by molar-refractivity contribution is 7.13. The van der Waals surface area contributed by atoms with Gasteiger partial charge in [0, 0.05) is 5.54 Å². The van der Waals surface area contributed by atoms with Gasteiger partial charge in [-0.3, -0.25) is 0 Å². The van der Waals surface area contributed by atoms with Gasteiger partial charge in [-0.2, -0.15) is 0 Å². The van der Waals surface area contributed by atoms with Crippen LogP contribution in [0.5, 0.6) is 0 Å². The van der Waals surface area contributed by atoms with Crippen LogP contribution in [-0.4, -0.2) is 19.7 Å². The summed E-state index contributed by atoms with van der Waals surface area (Å²) in [5, 5.41) is 8.15. The maximum absolute atomic E-state index is 4.23. The normalized spacial score (nSPS) is 12.0. The molecule has 2 rings (SSSR count). The molecule has 2 heterocycles. The molecule has 2 aromatic heterocycles. The summed E-state index contributed by atoms with van der Waals surface area (Å²) in [5.74, 6) is 0.905. The van der Waals surface area contributed by atoms with Crippen LogP contribution >= 0.6 is 11.3 Å². The predicted octanol–water partition coefficient (Wildman–Crippen LogP) is 2.47. The van der Waals surface area contributed by atoms with E-state index < -0.39 is 0 Å². The third kappa shape index (κ3) is 1.79. The summed E-state index contributed by atoms with van der Waals surface area (Å²) in [6, 6.07) is 0. The van der Waals surface area contributed by atoms with Crippen molar-refractivity contribution in [2.45, 2.75) is 33.2 Å². The predicted molar refractivity (Wildman–Crippen MR) is 60.9 cm³/mol. The van der Waals surface area contributed by atoms with E-state index in [0.29, 0.717) is 0 Å². The Bertz CT molecular complexity index is 464. The summed E-state index contributed by atoms with van der Waals surface area (Å²) >= 11 is 1.60. The fourth-order valence-electron chi connectivity index (χ4n) is 1.40. The van der Waals surface area contributed by atoms with Gasteiger partial charge in [-0.25, -0.2) is 4.98 Å². The Kier molecular flexibility index (Phi) is 2.34. The molecule has 0 N–H and O–H groups in total. The van der Waals surface area contributed by atoms with Crippen molar-refractivity contribution in [2.24, 2.45) is 0 Å². The first kappa shape index (κ1) is 10.3. The van der Waals surface area contributed by atoms with E-state index in [1.807, 2.05) is 12.4 Å². The molecule has 0 amide bonds. The molecular formula is C10H14N4S.